The predicted octanol–water partition coefficient (Wildman–Crippen LogP) is 2.80. The van der Waals surface area contributed by atoms with Crippen LogP contribution in [0.3, 0.4) is 0 Å². The van der Waals surface area contributed by atoms with Crippen molar-refractivity contribution in [1.82, 2.24) is 4.90 Å². The van der Waals surface area contributed by atoms with E-state index in [0.29, 0.717) is 27.9 Å². The number of anilines is 1. The summed E-state index contributed by atoms with van der Waals surface area (Å²) in [7, 11) is 0. The zero-order valence-electron chi connectivity index (χ0n) is 13.9. The summed E-state index contributed by atoms with van der Waals surface area (Å²) in [5.74, 6) is -0.303. The molecule has 5 nitrogen and oxygen atoms in total. The number of hydrogen-bond acceptors (Lipinski definition) is 5. The van der Waals surface area contributed by atoms with E-state index in [2.05, 4.69) is 0 Å². The number of rotatable bonds is 3. The lowest BCUT2D eigenvalue weighted by Crippen LogP contribution is -2.35. The minimum Gasteiger partial charge on any atom is -0.376 e. The third kappa shape index (κ3) is 2.70. The van der Waals surface area contributed by atoms with E-state index in [9.17, 15) is 9.59 Å². The summed E-state index contributed by atoms with van der Waals surface area (Å²) in [6.45, 7) is 3.70. The van der Waals surface area contributed by atoms with Crippen LogP contribution in [0.2, 0.25) is 0 Å². The molecule has 0 bridgehead atoms. The van der Waals surface area contributed by atoms with E-state index < -0.39 is 0 Å². The summed E-state index contributed by atoms with van der Waals surface area (Å²) in [5, 5.41) is 0. The average Bonchev–Trinajstić information content (AvgIpc) is 3.28. The molecule has 0 aromatic heterocycles. The van der Waals surface area contributed by atoms with Crippen molar-refractivity contribution in [2.45, 2.75) is 25.9 Å². The normalized spacial score (nSPS) is 26.1. The molecule has 1 aromatic carbocycles. The summed E-state index contributed by atoms with van der Waals surface area (Å²) < 4.78 is 6.13. The standard InChI is InChI=1S/C18H18N2O3S2/c1-2-19-13-8-4-3-7-12(13)14(16(19)21)15-17(22)20(18(24)25-15)10-11-6-5-9-23-11/h3-4,7-8,11H,2,5-6,9-10H2,1H3/b15-14+. The first-order valence-electron chi connectivity index (χ1n) is 8.42. The van der Waals surface area contributed by atoms with Gasteiger partial charge < -0.3 is 9.64 Å². The number of thiocarbonyl (C=S) groups is 1. The summed E-state index contributed by atoms with van der Waals surface area (Å²) in [5.41, 5.74) is 2.14. The molecule has 7 heteroatoms. The Labute approximate surface area is 156 Å². The zero-order valence-corrected chi connectivity index (χ0v) is 15.5. The number of fused-ring (bicyclic) bond motifs is 1. The van der Waals surface area contributed by atoms with Crippen molar-refractivity contribution in [1.29, 1.82) is 0 Å². The average molecular weight is 374 g/mol. The number of nitrogens with zero attached hydrogens (tertiary/aromatic N) is 2. The fourth-order valence-electron chi connectivity index (χ4n) is 3.51. The Kier molecular flexibility index (Phi) is 4.39. The Morgan fingerprint density at radius 1 is 1.24 bits per heavy atom. The Bertz CT molecular complexity index is 799. The molecule has 4 rings (SSSR count). The van der Waals surface area contributed by atoms with Gasteiger partial charge in [-0.15, -0.1) is 0 Å². The topological polar surface area (TPSA) is 49.9 Å². The van der Waals surface area contributed by atoms with Gasteiger partial charge in [-0.1, -0.05) is 42.2 Å². The van der Waals surface area contributed by atoms with Crippen LogP contribution in [0.1, 0.15) is 25.3 Å². The maximum absolute atomic E-state index is 13.0. The van der Waals surface area contributed by atoms with Crippen molar-refractivity contribution in [3.63, 3.8) is 0 Å². The van der Waals surface area contributed by atoms with Gasteiger partial charge in [0.05, 0.1) is 28.8 Å². The quantitative estimate of drug-likeness (QED) is 0.601. The fraction of sp³-hybridized carbons (Fsp3) is 0.389. The highest BCUT2D eigenvalue weighted by Crippen LogP contribution is 2.44. The molecule has 1 unspecified atom stereocenters. The van der Waals surface area contributed by atoms with Gasteiger partial charge in [-0.25, -0.2) is 0 Å². The highest BCUT2D eigenvalue weighted by atomic mass is 32.2. The van der Waals surface area contributed by atoms with Crippen LogP contribution < -0.4 is 4.90 Å². The van der Waals surface area contributed by atoms with Crippen LogP contribution in [0.5, 0.6) is 0 Å². The lowest BCUT2D eigenvalue weighted by atomic mass is 10.1. The Hall–Kier alpha value is -1.70. The van der Waals surface area contributed by atoms with E-state index in [1.54, 1.807) is 9.80 Å². The van der Waals surface area contributed by atoms with Crippen LogP contribution >= 0.6 is 24.0 Å². The number of para-hydroxylation sites is 1. The lowest BCUT2D eigenvalue weighted by molar-refractivity contribution is -0.123. The van der Waals surface area contributed by atoms with Crippen molar-refractivity contribution in [3.05, 3.63) is 34.7 Å². The maximum Gasteiger partial charge on any atom is 0.267 e. The number of ether oxygens (including phenoxy) is 1. The number of likely N-dealkylation sites (N-methyl/N-ethyl adjacent to an activating group) is 1. The maximum atomic E-state index is 13.0. The number of benzene rings is 1. The van der Waals surface area contributed by atoms with Gasteiger partial charge in [0.15, 0.2) is 0 Å². The Balaban J connectivity index is 1.72. The lowest BCUT2D eigenvalue weighted by Gasteiger charge is -2.18. The zero-order chi connectivity index (χ0) is 17.6. The summed E-state index contributed by atoms with van der Waals surface area (Å²) >= 11 is 6.64. The molecule has 1 aromatic rings. The SMILES string of the molecule is CCN1C(=O)/C(=C2/SC(=S)N(CC3CCCO3)C2=O)c2ccccc21. The third-order valence-corrected chi connectivity index (χ3v) is 6.17. The highest BCUT2D eigenvalue weighted by Gasteiger charge is 2.42. The van der Waals surface area contributed by atoms with E-state index in [1.165, 1.54) is 11.8 Å². The minimum atomic E-state index is -0.179. The molecule has 0 N–H and O–H groups in total. The molecular weight excluding hydrogens is 356 g/mol. The number of hydrogen-bond donors (Lipinski definition) is 0. The van der Waals surface area contributed by atoms with Crippen molar-refractivity contribution < 1.29 is 14.3 Å². The highest BCUT2D eigenvalue weighted by molar-refractivity contribution is 8.26. The van der Waals surface area contributed by atoms with Gasteiger partial charge in [0.1, 0.15) is 4.32 Å². The summed E-state index contributed by atoms with van der Waals surface area (Å²) in [6, 6.07) is 7.60. The molecule has 0 radical (unpaired) electrons. The van der Waals surface area contributed by atoms with Gasteiger partial charge in [0, 0.05) is 18.7 Å². The smallest absolute Gasteiger partial charge is 0.267 e. The Morgan fingerprint density at radius 3 is 2.76 bits per heavy atom. The molecule has 25 heavy (non-hydrogen) atoms. The molecule has 130 valence electrons. The summed E-state index contributed by atoms with van der Waals surface area (Å²) in [4.78, 5) is 29.6. The molecular formula is C18H18N2O3S2. The second-order valence-corrected chi connectivity index (χ2v) is 7.83. The van der Waals surface area contributed by atoms with E-state index in [4.69, 9.17) is 17.0 Å². The second-order valence-electron chi connectivity index (χ2n) is 6.19. The van der Waals surface area contributed by atoms with Gasteiger partial charge in [0.25, 0.3) is 11.8 Å². The molecule has 0 spiro atoms. The molecule has 0 saturated carbocycles. The minimum absolute atomic E-state index is 0.0329. The van der Waals surface area contributed by atoms with E-state index >= 15 is 0 Å². The Morgan fingerprint density at radius 2 is 2.04 bits per heavy atom. The number of amides is 2. The predicted molar refractivity (Wildman–Crippen MR) is 102 cm³/mol. The molecule has 2 fully saturated rings. The van der Waals surface area contributed by atoms with Crippen LogP contribution in [0.15, 0.2) is 29.2 Å². The van der Waals surface area contributed by atoms with Gasteiger partial charge >= 0.3 is 0 Å². The largest absolute Gasteiger partial charge is 0.376 e. The van der Waals surface area contributed by atoms with Gasteiger partial charge in [-0.05, 0) is 25.8 Å². The van der Waals surface area contributed by atoms with Crippen LogP contribution in [0.25, 0.3) is 5.57 Å². The van der Waals surface area contributed by atoms with Crippen molar-refractivity contribution in [2.24, 2.45) is 0 Å². The van der Waals surface area contributed by atoms with Crippen LogP contribution in [-0.4, -0.2) is 46.8 Å². The van der Waals surface area contributed by atoms with Crippen molar-refractivity contribution in [3.8, 4) is 0 Å². The van der Waals surface area contributed by atoms with Crippen LogP contribution in [0, 0.1) is 0 Å². The van der Waals surface area contributed by atoms with Crippen LogP contribution in [-0.2, 0) is 14.3 Å². The molecule has 1 atom stereocenters. The first kappa shape index (κ1) is 16.8. The molecule has 2 saturated heterocycles. The number of thioether (sulfide) groups is 1. The van der Waals surface area contributed by atoms with Crippen molar-refractivity contribution >= 4 is 51.4 Å². The number of carbonyl (C=O) groups is 2. The van der Waals surface area contributed by atoms with Gasteiger partial charge in [-0.2, -0.15) is 0 Å². The molecule has 0 aliphatic carbocycles. The van der Waals surface area contributed by atoms with Gasteiger partial charge in [0.2, 0.25) is 0 Å². The van der Waals surface area contributed by atoms with E-state index in [0.717, 1.165) is 30.7 Å². The molecule has 2 amide bonds. The van der Waals surface area contributed by atoms with Crippen LogP contribution in [0.4, 0.5) is 5.69 Å². The van der Waals surface area contributed by atoms with E-state index in [-0.39, 0.29) is 17.9 Å². The van der Waals surface area contributed by atoms with Crippen molar-refractivity contribution in [2.75, 3.05) is 24.6 Å². The third-order valence-electron chi connectivity index (χ3n) is 4.73. The molecule has 3 aliphatic rings. The summed E-state index contributed by atoms with van der Waals surface area (Å²) in [6.07, 6.45) is 1.98. The molecule has 3 heterocycles. The van der Waals surface area contributed by atoms with E-state index in [1.807, 2.05) is 31.2 Å². The van der Waals surface area contributed by atoms with Gasteiger partial charge in [-0.3, -0.25) is 14.5 Å². The molecule has 3 aliphatic heterocycles. The second kappa shape index (κ2) is 6.55. The first-order chi connectivity index (χ1) is 12.1. The first-order valence-corrected chi connectivity index (χ1v) is 9.65. The number of carbonyl (C=O) groups excluding carboxylic acids is 2. The fourth-order valence-corrected chi connectivity index (χ4v) is 4.86. The monoisotopic (exact) mass is 374 g/mol.